The molecule has 1 aromatic heterocycles. The van der Waals surface area contributed by atoms with Gasteiger partial charge in [-0.1, -0.05) is 6.07 Å². The third kappa shape index (κ3) is 3.19. The van der Waals surface area contributed by atoms with Crippen LogP contribution in [0.25, 0.3) is 0 Å². The van der Waals surface area contributed by atoms with Crippen LogP contribution in [0.4, 0.5) is 5.82 Å². The smallest absolute Gasteiger partial charge is 0.127 e. The summed E-state index contributed by atoms with van der Waals surface area (Å²) >= 11 is 3.29. The second kappa shape index (κ2) is 5.11. The summed E-state index contributed by atoms with van der Waals surface area (Å²) in [5, 5.41) is 3.12. The van der Waals surface area contributed by atoms with Crippen LogP contribution in [-0.2, 0) is 4.74 Å². The lowest BCUT2D eigenvalue weighted by atomic mass is 10.4. The number of hydrogen-bond acceptors (Lipinski definition) is 3. The lowest BCUT2D eigenvalue weighted by Gasteiger charge is -2.03. The molecule has 0 aliphatic carbocycles. The van der Waals surface area contributed by atoms with Crippen molar-refractivity contribution in [2.24, 2.45) is 0 Å². The third-order valence-electron chi connectivity index (χ3n) is 1.33. The van der Waals surface area contributed by atoms with E-state index in [9.17, 15) is 0 Å². The summed E-state index contributed by atoms with van der Waals surface area (Å²) in [7, 11) is 1.68. The molecule has 0 aliphatic rings. The fourth-order valence-electron chi connectivity index (χ4n) is 0.788. The molecule has 1 aromatic rings. The maximum absolute atomic E-state index is 4.89. The van der Waals surface area contributed by atoms with Gasteiger partial charge in [0.05, 0.1) is 6.61 Å². The molecular formula is C8H11BrN2O. The number of hydrogen-bond donors (Lipinski definition) is 1. The fourth-order valence-corrected chi connectivity index (χ4v) is 1.13. The second-order valence-electron chi connectivity index (χ2n) is 2.27. The van der Waals surface area contributed by atoms with Gasteiger partial charge < -0.3 is 10.1 Å². The van der Waals surface area contributed by atoms with E-state index in [1.165, 1.54) is 0 Å². The van der Waals surface area contributed by atoms with Crippen LogP contribution in [0.5, 0.6) is 0 Å². The molecule has 0 spiro atoms. The fraction of sp³-hybridized carbons (Fsp3) is 0.375. The molecule has 1 N–H and O–H groups in total. The Morgan fingerprint density at radius 2 is 2.42 bits per heavy atom. The number of nitrogens with one attached hydrogen (secondary N) is 1. The Bertz CT molecular complexity index is 242. The van der Waals surface area contributed by atoms with Crippen molar-refractivity contribution in [2.75, 3.05) is 25.6 Å². The summed E-state index contributed by atoms with van der Waals surface area (Å²) in [5.74, 6) is 0.862. The van der Waals surface area contributed by atoms with Gasteiger partial charge in [-0.15, -0.1) is 0 Å². The highest BCUT2D eigenvalue weighted by Crippen LogP contribution is 2.09. The van der Waals surface area contributed by atoms with E-state index in [-0.39, 0.29) is 0 Å². The Morgan fingerprint density at radius 1 is 1.58 bits per heavy atom. The van der Waals surface area contributed by atoms with Crippen molar-refractivity contribution in [3.8, 4) is 0 Å². The summed E-state index contributed by atoms with van der Waals surface area (Å²) < 4.78 is 5.73. The van der Waals surface area contributed by atoms with Gasteiger partial charge >= 0.3 is 0 Å². The van der Waals surface area contributed by atoms with Crippen LogP contribution in [0.2, 0.25) is 0 Å². The average molecular weight is 231 g/mol. The highest BCUT2D eigenvalue weighted by atomic mass is 79.9. The van der Waals surface area contributed by atoms with E-state index >= 15 is 0 Å². The Balaban J connectivity index is 2.41. The van der Waals surface area contributed by atoms with Crippen LogP contribution in [0.1, 0.15) is 0 Å². The molecule has 12 heavy (non-hydrogen) atoms. The van der Waals surface area contributed by atoms with Crippen LogP contribution in [-0.4, -0.2) is 25.2 Å². The number of nitrogens with zero attached hydrogens (tertiary/aromatic N) is 1. The first-order valence-corrected chi connectivity index (χ1v) is 4.47. The van der Waals surface area contributed by atoms with Crippen LogP contribution >= 0.6 is 15.9 Å². The topological polar surface area (TPSA) is 34.1 Å². The van der Waals surface area contributed by atoms with E-state index in [1.807, 2.05) is 18.2 Å². The molecule has 0 fully saturated rings. The van der Waals surface area contributed by atoms with Crippen molar-refractivity contribution in [3.05, 3.63) is 22.8 Å². The van der Waals surface area contributed by atoms with E-state index in [4.69, 9.17) is 4.74 Å². The number of aromatic nitrogens is 1. The van der Waals surface area contributed by atoms with Crippen LogP contribution in [0, 0.1) is 0 Å². The lowest BCUT2D eigenvalue weighted by molar-refractivity contribution is 0.210. The molecular weight excluding hydrogens is 220 g/mol. The molecule has 1 heterocycles. The maximum Gasteiger partial charge on any atom is 0.127 e. The minimum atomic E-state index is 0.689. The summed E-state index contributed by atoms with van der Waals surface area (Å²) in [5.41, 5.74) is 0. The van der Waals surface area contributed by atoms with Crippen molar-refractivity contribution in [2.45, 2.75) is 0 Å². The quantitative estimate of drug-likeness (QED) is 0.634. The SMILES string of the molecule is COCCNc1cccc(Br)n1. The predicted octanol–water partition coefficient (Wildman–Crippen LogP) is 1.90. The van der Waals surface area contributed by atoms with Gasteiger partial charge in [0.1, 0.15) is 10.4 Å². The van der Waals surface area contributed by atoms with Crippen LogP contribution in [0.3, 0.4) is 0 Å². The summed E-state index contributed by atoms with van der Waals surface area (Å²) in [6, 6.07) is 5.74. The number of methoxy groups -OCH3 is 1. The van der Waals surface area contributed by atoms with Crippen molar-refractivity contribution in [1.29, 1.82) is 0 Å². The Labute approximate surface area is 80.3 Å². The number of anilines is 1. The summed E-state index contributed by atoms with van der Waals surface area (Å²) in [6.45, 7) is 1.47. The lowest BCUT2D eigenvalue weighted by Crippen LogP contribution is -2.08. The average Bonchev–Trinajstić information content (AvgIpc) is 2.05. The Kier molecular flexibility index (Phi) is 4.04. The number of halogens is 1. The number of rotatable bonds is 4. The van der Waals surface area contributed by atoms with Gasteiger partial charge in [-0.05, 0) is 28.1 Å². The van der Waals surface area contributed by atoms with Crippen molar-refractivity contribution in [3.63, 3.8) is 0 Å². The normalized spacial score (nSPS) is 9.83. The molecule has 0 atom stereocenters. The van der Waals surface area contributed by atoms with Gasteiger partial charge in [-0.3, -0.25) is 0 Å². The molecule has 66 valence electrons. The molecule has 4 heteroatoms. The van der Waals surface area contributed by atoms with E-state index < -0.39 is 0 Å². The van der Waals surface area contributed by atoms with Gasteiger partial charge in [0.2, 0.25) is 0 Å². The molecule has 0 radical (unpaired) electrons. The van der Waals surface area contributed by atoms with Gasteiger partial charge in [-0.2, -0.15) is 0 Å². The first-order valence-electron chi connectivity index (χ1n) is 3.68. The Morgan fingerprint density at radius 3 is 3.08 bits per heavy atom. The van der Waals surface area contributed by atoms with Crippen LogP contribution in [0.15, 0.2) is 22.8 Å². The number of pyridine rings is 1. The molecule has 3 nitrogen and oxygen atoms in total. The largest absolute Gasteiger partial charge is 0.383 e. The first-order chi connectivity index (χ1) is 5.83. The maximum atomic E-state index is 4.89. The molecule has 0 bridgehead atoms. The minimum Gasteiger partial charge on any atom is -0.383 e. The van der Waals surface area contributed by atoms with Gasteiger partial charge in [0.25, 0.3) is 0 Å². The van der Waals surface area contributed by atoms with Gasteiger partial charge in [0.15, 0.2) is 0 Å². The molecule has 0 amide bonds. The Hall–Kier alpha value is -0.610. The highest BCUT2D eigenvalue weighted by molar-refractivity contribution is 9.10. The highest BCUT2D eigenvalue weighted by Gasteiger charge is 1.92. The molecule has 0 saturated carbocycles. The first kappa shape index (κ1) is 9.48. The zero-order valence-corrected chi connectivity index (χ0v) is 8.47. The van der Waals surface area contributed by atoms with E-state index in [2.05, 4.69) is 26.2 Å². The number of ether oxygens (including phenoxy) is 1. The molecule has 0 aliphatic heterocycles. The monoisotopic (exact) mass is 230 g/mol. The third-order valence-corrected chi connectivity index (χ3v) is 1.77. The summed E-state index contributed by atoms with van der Waals surface area (Å²) in [4.78, 5) is 4.19. The van der Waals surface area contributed by atoms with Crippen LogP contribution < -0.4 is 5.32 Å². The van der Waals surface area contributed by atoms with Crippen molar-refractivity contribution < 1.29 is 4.74 Å². The summed E-state index contributed by atoms with van der Waals surface area (Å²) in [6.07, 6.45) is 0. The van der Waals surface area contributed by atoms with Crippen molar-refractivity contribution in [1.82, 2.24) is 4.98 Å². The zero-order valence-electron chi connectivity index (χ0n) is 6.88. The van der Waals surface area contributed by atoms with E-state index in [0.717, 1.165) is 17.0 Å². The molecule has 0 saturated heterocycles. The molecule has 0 unspecified atom stereocenters. The van der Waals surface area contributed by atoms with Gasteiger partial charge in [0, 0.05) is 13.7 Å². The van der Waals surface area contributed by atoms with Gasteiger partial charge in [-0.25, -0.2) is 4.98 Å². The predicted molar refractivity (Wildman–Crippen MR) is 52.3 cm³/mol. The van der Waals surface area contributed by atoms with E-state index in [0.29, 0.717) is 6.61 Å². The second-order valence-corrected chi connectivity index (χ2v) is 3.08. The molecule has 0 aromatic carbocycles. The van der Waals surface area contributed by atoms with E-state index in [1.54, 1.807) is 7.11 Å². The molecule has 1 rings (SSSR count). The minimum absolute atomic E-state index is 0.689. The zero-order chi connectivity index (χ0) is 8.81. The standard InChI is InChI=1S/C8H11BrN2O/c1-12-6-5-10-8-4-2-3-7(9)11-8/h2-4H,5-6H2,1H3,(H,10,11). The van der Waals surface area contributed by atoms with Crippen molar-refractivity contribution >= 4 is 21.7 Å².